The molecule has 1 saturated heterocycles. The molecule has 1 unspecified atom stereocenters. The van der Waals surface area contributed by atoms with Gasteiger partial charge in [0.1, 0.15) is 11.5 Å². The first-order valence-corrected chi connectivity index (χ1v) is 9.75. The van der Waals surface area contributed by atoms with Crippen LogP contribution in [0.25, 0.3) is 0 Å². The zero-order valence-electron chi connectivity index (χ0n) is 16.7. The second-order valence-corrected chi connectivity index (χ2v) is 6.46. The number of carbonyl (C=O) groups excluding carboxylic acids is 1. The van der Waals surface area contributed by atoms with Gasteiger partial charge >= 0.3 is 0 Å². The SMILES string of the molecule is CCNC(=NCCCOc1ccc(OC)cc1)NC1CCN(C(=O)CC)C1. The van der Waals surface area contributed by atoms with E-state index in [2.05, 4.69) is 15.6 Å². The van der Waals surface area contributed by atoms with Crippen LogP contribution >= 0.6 is 0 Å². The number of amides is 1. The Balaban J connectivity index is 1.72. The zero-order valence-corrected chi connectivity index (χ0v) is 16.7. The number of nitrogens with one attached hydrogen (secondary N) is 2. The van der Waals surface area contributed by atoms with Gasteiger partial charge < -0.3 is 25.0 Å². The second-order valence-electron chi connectivity index (χ2n) is 6.46. The molecule has 1 heterocycles. The smallest absolute Gasteiger partial charge is 0.222 e. The standard InChI is InChI=1S/C20H32N4O3/c1-4-19(25)24-13-11-16(15-24)23-20(21-5-2)22-12-6-14-27-18-9-7-17(26-3)8-10-18/h7-10,16H,4-6,11-15H2,1-3H3,(H2,21,22,23). The molecule has 1 aliphatic rings. The third-order valence-electron chi connectivity index (χ3n) is 4.43. The van der Waals surface area contributed by atoms with Gasteiger partial charge in [0.25, 0.3) is 0 Å². The summed E-state index contributed by atoms with van der Waals surface area (Å²) in [5.74, 6) is 2.67. The number of carbonyl (C=O) groups is 1. The van der Waals surface area contributed by atoms with E-state index in [4.69, 9.17) is 9.47 Å². The summed E-state index contributed by atoms with van der Waals surface area (Å²) in [5, 5.41) is 6.71. The van der Waals surface area contributed by atoms with E-state index < -0.39 is 0 Å². The Morgan fingerprint density at radius 3 is 2.67 bits per heavy atom. The number of methoxy groups -OCH3 is 1. The lowest BCUT2D eigenvalue weighted by molar-refractivity contribution is -0.129. The number of rotatable bonds is 9. The molecule has 7 nitrogen and oxygen atoms in total. The quantitative estimate of drug-likeness (QED) is 0.392. The maximum Gasteiger partial charge on any atom is 0.222 e. The van der Waals surface area contributed by atoms with Crippen molar-refractivity contribution in [2.45, 2.75) is 39.2 Å². The fourth-order valence-electron chi connectivity index (χ4n) is 2.96. The van der Waals surface area contributed by atoms with Crippen LogP contribution in [0.15, 0.2) is 29.3 Å². The maximum atomic E-state index is 11.8. The summed E-state index contributed by atoms with van der Waals surface area (Å²) in [6, 6.07) is 7.83. The van der Waals surface area contributed by atoms with E-state index in [9.17, 15) is 4.79 Å². The predicted molar refractivity (Wildman–Crippen MR) is 107 cm³/mol. The molecular weight excluding hydrogens is 344 g/mol. The van der Waals surface area contributed by atoms with Crippen molar-refractivity contribution >= 4 is 11.9 Å². The van der Waals surface area contributed by atoms with Gasteiger partial charge in [-0.15, -0.1) is 0 Å². The van der Waals surface area contributed by atoms with Crippen LogP contribution in [-0.2, 0) is 4.79 Å². The molecule has 0 bridgehead atoms. The molecule has 2 rings (SSSR count). The van der Waals surface area contributed by atoms with Gasteiger partial charge in [0.05, 0.1) is 13.7 Å². The third-order valence-corrected chi connectivity index (χ3v) is 4.43. The highest BCUT2D eigenvalue weighted by Crippen LogP contribution is 2.17. The van der Waals surface area contributed by atoms with E-state index in [1.165, 1.54) is 0 Å². The lowest BCUT2D eigenvalue weighted by Gasteiger charge is -2.18. The first kappa shape index (κ1) is 20.9. The molecule has 0 radical (unpaired) electrons. The van der Waals surface area contributed by atoms with Crippen molar-refractivity contribution in [2.24, 2.45) is 4.99 Å². The van der Waals surface area contributed by atoms with Gasteiger partial charge in [-0.05, 0) is 37.6 Å². The van der Waals surface area contributed by atoms with Crippen LogP contribution in [0.3, 0.4) is 0 Å². The number of nitrogens with zero attached hydrogens (tertiary/aromatic N) is 2. The predicted octanol–water partition coefficient (Wildman–Crippen LogP) is 2.03. The van der Waals surface area contributed by atoms with E-state index in [0.717, 1.165) is 49.9 Å². The normalized spacial score (nSPS) is 16.9. The highest BCUT2D eigenvalue weighted by Gasteiger charge is 2.25. The van der Waals surface area contributed by atoms with Crippen LogP contribution < -0.4 is 20.1 Å². The van der Waals surface area contributed by atoms with Gasteiger partial charge in [0.2, 0.25) is 5.91 Å². The Morgan fingerprint density at radius 2 is 2.00 bits per heavy atom. The number of aliphatic imine (C=N–C) groups is 1. The van der Waals surface area contributed by atoms with Crippen LogP contribution in [0.1, 0.15) is 33.1 Å². The average Bonchev–Trinajstić information content (AvgIpc) is 3.16. The summed E-state index contributed by atoms with van der Waals surface area (Å²) in [4.78, 5) is 18.3. The Kier molecular flexibility index (Phi) is 8.74. The van der Waals surface area contributed by atoms with Crippen molar-refractivity contribution in [3.8, 4) is 11.5 Å². The fraction of sp³-hybridized carbons (Fsp3) is 0.600. The van der Waals surface area contributed by atoms with Gasteiger partial charge in [-0.1, -0.05) is 6.92 Å². The minimum atomic E-state index is 0.219. The molecule has 0 saturated carbocycles. The monoisotopic (exact) mass is 376 g/mol. The summed E-state index contributed by atoms with van der Waals surface area (Å²) < 4.78 is 10.9. The number of likely N-dealkylation sites (tertiary alicyclic amines) is 1. The summed E-state index contributed by atoms with van der Waals surface area (Å²) in [6.45, 7) is 7.61. The molecule has 1 aromatic carbocycles. The third kappa shape index (κ3) is 7.00. The number of benzene rings is 1. The molecule has 2 N–H and O–H groups in total. The van der Waals surface area contributed by atoms with Gasteiger partial charge in [0, 0.05) is 45.1 Å². The molecule has 0 aliphatic carbocycles. The summed E-state index contributed by atoms with van der Waals surface area (Å²) in [7, 11) is 1.65. The van der Waals surface area contributed by atoms with Crippen molar-refractivity contribution in [2.75, 3.05) is 39.9 Å². The molecule has 150 valence electrons. The lowest BCUT2D eigenvalue weighted by atomic mass is 10.3. The van der Waals surface area contributed by atoms with Gasteiger partial charge in [-0.25, -0.2) is 0 Å². The van der Waals surface area contributed by atoms with Crippen molar-refractivity contribution in [3.05, 3.63) is 24.3 Å². The highest BCUT2D eigenvalue weighted by molar-refractivity contribution is 5.80. The molecule has 1 aromatic rings. The molecule has 7 heteroatoms. The molecule has 1 fully saturated rings. The topological polar surface area (TPSA) is 75.2 Å². The van der Waals surface area contributed by atoms with E-state index in [1.807, 2.05) is 43.0 Å². The van der Waals surface area contributed by atoms with Gasteiger partial charge in [-0.3, -0.25) is 9.79 Å². The summed E-state index contributed by atoms with van der Waals surface area (Å²) >= 11 is 0. The van der Waals surface area contributed by atoms with Crippen LogP contribution in [-0.4, -0.2) is 62.7 Å². The van der Waals surface area contributed by atoms with Crippen LogP contribution in [0.5, 0.6) is 11.5 Å². The number of ether oxygens (including phenoxy) is 2. The molecule has 1 aliphatic heterocycles. The Hall–Kier alpha value is -2.44. The van der Waals surface area contributed by atoms with Crippen molar-refractivity contribution in [1.29, 1.82) is 0 Å². The fourth-order valence-corrected chi connectivity index (χ4v) is 2.96. The van der Waals surface area contributed by atoms with Crippen molar-refractivity contribution in [3.63, 3.8) is 0 Å². The van der Waals surface area contributed by atoms with E-state index in [1.54, 1.807) is 7.11 Å². The lowest BCUT2D eigenvalue weighted by Crippen LogP contribution is -2.45. The largest absolute Gasteiger partial charge is 0.497 e. The maximum absolute atomic E-state index is 11.8. The van der Waals surface area contributed by atoms with Crippen LogP contribution in [0.4, 0.5) is 0 Å². The molecule has 1 amide bonds. The molecular formula is C20H32N4O3. The minimum Gasteiger partial charge on any atom is -0.497 e. The van der Waals surface area contributed by atoms with Crippen molar-refractivity contribution < 1.29 is 14.3 Å². The van der Waals surface area contributed by atoms with Gasteiger partial charge in [-0.2, -0.15) is 0 Å². The Labute approximate surface area is 162 Å². The first-order valence-electron chi connectivity index (χ1n) is 9.75. The van der Waals surface area contributed by atoms with Crippen LogP contribution in [0.2, 0.25) is 0 Å². The van der Waals surface area contributed by atoms with E-state index in [0.29, 0.717) is 19.6 Å². The second kappa shape index (κ2) is 11.3. The van der Waals surface area contributed by atoms with E-state index >= 15 is 0 Å². The van der Waals surface area contributed by atoms with E-state index in [-0.39, 0.29) is 11.9 Å². The zero-order chi connectivity index (χ0) is 19.5. The first-order chi connectivity index (χ1) is 13.2. The minimum absolute atomic E-state index is 0.219. The van der Waals surface area contributed by atoms with Gasteiger partial charge in [0.15, 0.2) is 5.96 Å². The Morgan fingerprint density at radius 1 is 1.26 bits per heavy atom. The summed E-state index contributed by atoms with van der Waals surface area (Å²) in [6.07, 6.45) is 2.35. The molecule has 1 atom stereocenters. The highest BCUT2D eigenvalue weighted by atomic mass is 16.5. The number of hydrogen-bond acceptors (Lipinski definition) is 4. The number of guanidine groups is 1. The summed E-state index contributed by atoms with van der Waals surface area (Å²) in [5.41, 5.74) is 0. The van der Waals surface area contributed by atoms with Crippen LogP contribution in [0, 0.1) is 0 Å². The average molecular weight is 377 g/mol. The molecule has 27 heavy (non-hydrogen) atoms. The Bertz CT molecular complexity index is 604. The molecule has 0 spiro atoms. The van der Waals surface area contributed by atoms with Crippen molar-refractivity contribution in [1.82, 2.24) is 15.5 Å². The number of hydrogen-bond donors (Lipinski definition) is 2. The molecule has 0 aromatic heterocycles.